The lowest BCUT2D eigenvalue weighted by molar-refractivity contribution is 0.0635. The molecule has 1 amide bonds. The van der Waals surface area contributed by atoms with E-state index in [9.17, 15) is 4.79 Å². The van der Waals surface area contributed by atoms with Gasteiger partial charge in [-0.15, -0.1) is 6.58 Å². The lowest BCUT2D eigenvalue weighted by atomic mass is 10.1. The highest BCUT2D eigenvalue weighted by Crippen LogP contribution is 2.12. The minimum absolute atomic E-state index is 0.490. The Balaban J connectivity index is 2.61. The number of nitrogens with one attached hydrogen (secondary N) is 1. The molecule has 18 heavy (non-hydrogen) atoms. The van der Waals surface area contributed by atoms with E-state index in [2.05, 4.69) is 16.9 Å². The first-order valence-electron chi connectivity index (χ1n) is 5.96. The van der Waals surface area contributed by atoms with Crippen LogP contribution in [0.15, 0.2) is 31.0 Å². The average molecular weight is 248 g/mol. The molecular formula is C14H20N2O2. The van der Waals surface area contributed by atoms with Gasteiger partial charge in [-0.25, -0.2) is 9.78 Å². The highest BCUT2D eigenvalue weighted by Gasteiger charge is 2.16. The molecule has 0 spiro atoms. The molecule has 0 radical (unpaired) electrons. The molecule has 0 aliphatic rings. The first kappa shape index (κ1) is 14.2. The van der Waals surface area contributed by atoms with Crippen LogP contribution in [0.25, 0.3) is 0 Å². The van der Waals surface area contributed by atoms with Crippen molar-refractivity contribution in [2.45, 2.75) is 39.2 Å². The van der Waals surface area contributed by atoms with Gasteiger partial charge in [0.1, 0.15) is 11.4 Å². The van der Waals surface area contributed by atoms with Crippen LogP contribution in [0.4, 0.5) is 10.6 Å². The molecule has 4 nitrogen and oxygen atoms in total. The molecule has 0 aliphatic carbocycles. The van der Waals surface area contributed by atoms with Crippen molar-refractivity contribution in [1.82, 2.24) is 4.98 Å². The number of carbonyl (C=O) groups is 1. The largest absolute Gasteiger partial charge is 0.444 e. The zero-order chi connectivity index (χ0) is 13.6. The smallest absolute Gasteiger partial charge is 0.413 e. The van der Waals surface area contributed by atoms with Crippen LogP contribution in [-0.4, -0.2) is 16.7 Å². The van der Waals surface area contributed by atoms with Gasteiger partial charge in [-0.2, -0.15) is 0 Å². The Hall–Kier alpha value is -1.84. The lowest BCUT2D eigenvalue weighted by Crippen LogP contribution is -2.27. The Bertz CT molecular complexity index is 422. The SMILES string of the molecule is C=CCCc1ccnc(NC(=O)OC(C)(C)C)c1. The normalized spacial score (nSPS) is 10.8. The molecule has 98 valence electrons. The molecule has 0 bridgehead atoms. The van der Waals surface area contributed by atoms with Gasteiger partial charge < -0.3 is 4.74 Å². The molecular weight excluding hydrogens is 228 g/mol. The van der Waals surface area contributed by atoms with Crippen LogP contribution in [0.5, 0.6) is 0 Å². The molecule has 0 atom stereocenters. The maximum absolute atomic E-state index is 11.6. The van der Waals surface area contributed by atoms with Crippen molar-refractivity contribution in [1.29, 1.82) is 0 Å². The van der Waals surface area contributed by atoms with E-state index in [1.165, 1.54) is 0 Å². The van der Waals surface area contributed by atoms with E-state index in [1.807, 2.05) is 39.0 Å². The molecule has 0 saturated heterocycles. The predicted molar refractivity (Wildman–Crippen MR) is 72.6 cm³/mol. The minimum Gasteiger partial charge on any atom is -0.444 e. The summed E-state index contributed by atoms with van der Waals surface area (Å²) in [6.07, 6.45) is 4.83. The van der Waals surface area contributed by atoms with E-state index in [-0.39, 0.29) is 0 Å². The van der Waals surface area contributed by atoms with Crippen molar-refractivity contribution in [2.24, 2.45) is 0 Å². The number of hydrogen-bond acceptors (Lipinski definition) is 3. The van der Waals surface area contributed by atoms with Crippen molar-refractivity contribution in [2.75, 3.05) is 5.32 Å². The number of allylic oxidation sites excluding steroid dienone is 1. The molecule has 1 heterocycles. The van der Waals surface area contributed by atoms with Crippen molar-refractivity contribution in [3.8, 4) is 0 Å². The second-order valence-electron chi connectivity index (χ2n) is 5.00. The zero-order valence-corrected chi connectivity index (χ0v) is 11.2. The Morgan fingerprint density at radius 1 is 1.56 bits per heavy atom. The van der Waals surface area contributed by atoms with Crippen LogP contribution in [0.2, 0.25) is 0 Å². The van der Waals surface area contributed by atoms with Gasteiger partial charge in [0.2, 0.25) is 0 Å². The highest BCUT2D eigenvalue weighted by atomic mass is 16.6. The second kappa shape index (κ2) is 6.19. The maximum Gasteiger partial charge on any atom is 0.413 e. The monoisotopic (exact) mass is 248 g/mol. The number of carbonyl (C=O) groups excluding carboxylic acids is 1. The summed E-state index contributed by atoms with van der Waals surface area (Å²) in [7, 11) is 0. The highest BCUT2D eigenvalue weighted by molar-refractivity contribution is 5.83. The van der Waals surface area contributed by atoms with E-state index in [4.69, 9.17) is 4.74 Å². The van der Waals surface area contributed by atoms with E-state index in [1.54, 1.807) is 6.20 Å². The first-order chi connectivity index (χ1) is 8.40. The Kier molecular flexibility index (Phi) is 4.89. The van der Waals surface area contributed by atoms with Gasteiger partial charge in [0.25, 0.3) is 0 Å². The fourth-order valence-corrected chi connectivity index (χ4v) is 1.38. The molecule has 0 saturated carbocycles. The number of rotatable bonds is 4. The van der Waals surface area contributed by atoms with Crippen LogP contribution >= 0.6 is 0 Å². The van der Waals surface area contributed by atoms with E-state index < -0.39 is 11.7 Å². The molecule has 0 aromatic carbocycles. The predicted octanol–water partition coefficient (Wildman–Crippen LogP) is 3.55. The van der Waals surface area contributed by atoms with E-state index in [0.29, 0.717) is 5.82 Å². The van der Waals surface area contributed by atoms with Crippen molar-refractivity contribution in [3.05, 3.63) is 36.5 Å². The van der Waals surface area contributed by atoms with Crippen molar-refractivity contribution < 1.29 is 9.53 Å². The zero-order valence-electron chi connectivity index (χ0n) is 11.2. The van der Waals surface area contributed by atoms with Gasteiger partial charge >= 0.3 is 6.09 Å². The number of amides is 1. The lowest BCUT2D eigenvalue weighted by Gasteiger charge is -2.19. The maximum atomic E-state index is 11.6. The molecule has 1 rings (SSSR count). The second-order valence-corrected chi connectivity index (χ2v) is 5.00. The van der Waals surface area contributed by atoms with Crippen LogP contribution in [0.1, 0.15) is 32.8 Å². The average Bonchev–Trinajstić information content (AvgIpc) is 2.24. The summed E-state index contributed by atoms with van der Waals surface area (Å²) in [5.74, 6) is 0.505. The van der Waals surface area contributed by atoms with E-state index in [0.717, 1.165) is 18.4 Å². The number of pyridine rings is 1. The van der Waals surface area contributed by atoms with Gasteiger partial charge in [-0.1, -0.05) is 6.08 Å². The van der Waals surface area contributed by atoms with Crippen LogP contribution < -0.4 is 5.32 Å². The Morgan fingerprint density at radius 2 is 2.28 bits per heavy atom. The van der Waals surface area contributed by atoms with Gasteiger partial charge in [0.05, 0.1) is 0 Å². The van der Waals surface area contributed by atoms with Crippen LogP contribution in [0.3, 0.4) is 0 Å². The summed E-state index contributed by atoms with van der Waals surface area (Å²) in [5.41, 5.74) is 0.598. The summed E-state index contributed by atoms with van der Waals surface area (Å²) in [4.78, 5) is 15.6. The van der Waals surface area contributed by atoms with Gasteiger partial charge in [0, 0.05) is 6.20 Å². The summed E-state index contributed by atoms with van der Waals surface area (Å²) in [6, 6.07) is 3.76. The first-order valence-corrected chi connectivity index (χ1v) is 5.96. The quantitative estimate of drug-likeness (QED) is 0.829. The Labute approximate surface area is 108 Å². The summed E-state index contributed by atoms with van der Waals surface area (Å²) in [6.45, 7) is 9.14. The molecule has 0 unspecified atom stereocenters. The van der Waals surface area contributed by atoms with Crippen LogP contribution in [-0.2, 0) is 11.2 Å². The third kappa shape index (κ3) is 5.48. The molecule has 0 fully saturated rings. The van der Waals surface area contributed by atoms with Crippen molar-refractivity contribution >= 4 is 11.9 Å². The standard InChI is InChI=1S/C14H20N2O2/c1-5-6-7-11-8-9-15-12(10-11)16-13(17)18-14(2,3)4/h5,8-10H,1,6-7H2,2-4H3,(H,15,16,17). The fourth-order valence-electron chi connectivity index (χ4n) is 1.38. The number of aromatic nitrogens is 1. The summed E-state index contributed by atoms with van der Waals surface area (Å²) < 4.78 is 5.16. The van der Waals surface area contributed by atoms with Crippen LogP contribution in [0, 0.1) is 0 Å². The molecule has 1 aromatic heterocycles. The van der Waals surface area contributed by atoms with Gasteiger partial charge in [-0.3, -0.25) is 5.32 Å². The topological polar surface area (TPSA) is 51.2 Å². The third-order valence-electron chi connectivity index (χ3n) is 2.09. The molecule has 0 aliphatic heterocycles. The summed E-state index contributed by atoms with van der Waals surface area (Å²) >= 11 is 0. The van der Waals surface area contributed by atoms with E-state index >= 15 is 0 Å². The Morgan fingerprint density at radius 3 is 2.89 bits per heavy atom. The third-order valence-corrected chi connectivity index (χ3v) is 2.09. The minimum atomic E-state index is -0.509. The van der Waals surface area contributed by atoms with Gasteiger partial charge in [-0.05, 0) is 51.3 Å². The summed E-state index contributed by atoms with van der Waals surface area (Å²) in [5, 5.41) is 2.62. The number of nitrogens with zero attached hydrogens (tertiary/aromatic N) is 1. The molecule has 1 aromatic rings. The number of ether oxygens (including phenoxy) is 1. The molecule has 4 heteroatoms. The number of aryl methyl sites for hydroxylation is 1. The molecule has 1 N–H and O–H groups in total. The fraction of sp³-hybridized carbons (Fsp3) is 0.429. The van der Waals surface area contributed by atoms with Crippen molar-refractivity contribution in [3.63, 3.8) is 0 Å². The number of hydrogen-bond donors (Lipinski definition) is 1. The number of anilines is 1. The van der Waals surface area contributed by atoms with Gasteiger partial charge in [0.15, 0.2) is 0 Å².